The van der Waals surface area contributed by atoms with Crippen molar-refractivity contribution >= 4 is 16.2 Å². The molecule has 6 nitrogen and oxygen atoms in total. The largest absolute Gasteiger partial charge is 0.480 e. The quantitative estimate of drug-likeness (QED) is 0.763. The van der Waals surface area contributed by atoms with Gasteiger partial charge in [-0.3, -0.25) is 4.79 Å². The molecule has 0 bridgehead atoms. The number of aliphatic carboxylic acids is 1. The zero-order chi connectivity index (χ0) is 13.2. The summed E-state index contributed by atoms with van der Waals surface area (Å²) in [5.41, 5.74) is 0. The molecule has 1 aliphatic heterocycles. The SMILES string of the molecule is CC1CC(C)CN(S(=O)(=O)N[C@@H](C)C(=O)O)C1. The summed E-state index contributed by atoms with van der Waals surface area (Å²) < 4.78 is 27.4. The zero-order valence-electron chi connectivity index (χ0n) is 10.4. The lowest BCUT2D eigenvalue weighted by Crippen LogP contribution is -2.51. The van der Waals surface area contributed by atoms with Crippen LogP contribution in [0, 0.1) is 11.8 Å². The van der Waals surface area contributed by atoms with Gasteiger partial charge in [0.1, 0.15) is 6.04 Å². The monoisotopic (exact) mass is 264 g/mol. The Kier molecular flexibility index (Phi) is 4.51. The van der Waals surface area contributed by atoms with E-state index in [-0.39, 0.29) is 0 Å². The Morgan fingerprint density at radius 3 is 2.24 bits per heavy atom. The third-order valence-corrected chi connectivity index (χ3v) is 4.50. The summed E-state index contributed by atoms with van der Waals surface area (Å²) in [6, 6.07) is -1.10. The Labute approximate surface area is 102 Å². The Bertz CT molecular complexity index is 372. The molecule has 1 fully saturated rings. The molecule has 100 valence electrons. The van der Waals surface area contributed by atoms with Gasteiger partial charge < -0.3 is 5.11 Å². The van der Waals surface area contributed by atoms with Crippen molar-refractivity contribution in [3.05, 3.63) is 0 Å². The summed E-state index contributed by atoms with van der Waals surface area (Å²) in [5, 5.41) is 8.70. The van der Waals surface area contributed by atoms with E-state index >= 15 is 0 Å². The molecule has 3 atom stereocenters. The third-order valence-electron chi connectivity index (χ3n) is 2.87. The highest BCUT2D eigenvalue weighted by Crippen LogP contribution is 2.22. The van der Waals surface area contributed by atoms with Crippen LogP contribution in [0.25, 0.3) is 0 Å². The number of nitrogens with one attached hydrogen (secondary N) is 1. The Balaban J connectivity index is 2.73. The minimum absolute atomic E-state index is 0.301. The van der Waals surface area contributed by atoms with Crippen LogP contribution in [0.2, 0.25) is 0 Å². The maximum absolute atomic E-state index is 11.9. The molecular weight excluding hydrogens is 244 g/mol. The normalized spacial score (nSPS) is 28.9. The molecular formula is C10H20N2O4S. The smallest absolute Gasteiger partial charge is 0.321 e. The standard InChI is InChI=1S/C10H20N2O4S/c1-7-4-8(2)6-12(5-7)17(15,16)11-9(3)10(13)14/h7-9,11H,4-6H2,1-3H3,(H,13,14)/t7?,8?,9-/m0/s1. The van der Waals surface area contributed by atoms with Crippen LogP contribution in [0.15, 0.2) is 0 Å². The highest BCUT2D eigenvalue weighted by atomic mass is 32.2. The Morgan fingerprint density at radius 1 is 1.35 bits per heavy atom. The van der Waals surface area contributed by atoms with Gasteiger partial charge >= 0.3 is 5.97 Å². The van der Waals surface area contributed by atoms with Crippen LogP contribution in [0.5, 0.6) is 0 Å². The lowest BCUT2D eigenvalue weighted by molar-refractivity contribution is -0.138. The Morgan fingerprint density at radius 2 is 1.82 bits per heavy atom. The van der Waals surface area contributed by atoms with Gasteiger partial charge in [-0.05, 0) is 25.2 Å². The fourth-order valence-corrected chi connectivity index (χ4v) is 3.75. The number of nitrogens with zero attached hydrogens (tertiary/aromatic N) is 1. The van der Waals surface area contributed by atoms with Gasteiger partial charge in [0, 0.05) is 13.1 Å². The summed E-state index contributed by atoms with van der Waals surface area (Å²) in [7, 11) is -3.69. The first-order valence-corrected chi connectivity index (χ1v) is 7.16. The molecule has 0 aliphatic carbocycles. The van der Waals surface area contributed by atoms with Crippen molar-refractivity contribution in [1.29, 1.82) is 0 Å². The van der Waals surface area contributed by atoms with E-state index in [0.29, 0.717) is 24.9 Å². The molecule has 0 aromatic rings. The van der Waals surface area contributed by atoms with E-state index in [1.54, 1.807) is 0 Å². The molecule has 0 aromatic heterocycles. The summed E-state index contributed by atoms with van der Waals surface area (Å²) in [6.45, 7) is 6.21. The molecule has 7 heteroatoms. The molecule has 1 aliphatic rings. The van der Waals surface area contributed by atoms with Crippen LogP contribution in [0.1, 0.15) is 27.2 Å². The first-order valence-electron chi connectivity index (χ1n) is 5.72. The molecule has 0 radical (unpaired) electrons. The zero-order valence-corrected chi connectivity index (χ0v) is 11.2. The summed E-state index contributed by atoms with van der Waals surface area (Å²) in [6.07, 6.45) is 1.00. The van der Waals surface area contributed by atoms with Crippen LogP contribution in [-0.2, 0) is 15.0 Å². The topological polar surface area (TPSA) is 86.7 Å². The van der Waals surface area contributed by atoms with Gasteiger partial charge in [-0.2, -0.15) is 17.4 Å². The van der Waals surface area contributed by atoms with Gasteiger partial charge in [0.25, 0.3) is 10.2 Å². The van der Waals surface area contributed by atoms with Crippen molar-refractivity contribution < 1.29 is 18.3 Å². The van der Waals surface area contributed by atoms with Gasteiger partial charge in [0.2, 0.25) is 0 Å². The van der Waals surface area contributed by atoms with E-state index in [9.17, 15) is 13.2 Å². The lowest BCUT2D eigenvalue weighted by Gasteiger charge is -2.34. The first kappa shape index (κ1) is 14.4. The summed E-state index contributed by atoms with van der Waals surface area (Å²) in [4.78, 5) is 10.6. The molecule has 0 aromatic carbocycles. The van der Waals surface area contributed by atoms with Gasteiger partial charge in [-0.15, -0.1) is 0 Å². The number of hydrogen-bond acceptors (Lipinski definition) is 3. The Hall–Kier alpha value is -0.660. The molecule has 1 rings (SSSR count). The van der Waals surface area contributed by atoms with E-state index in [1.807, 2.05) is 13.8 Å². The number of carboxylic acid groups (broad SMARTS) is 1. The van der Waals surface area contributed by atoms with E-state index in [4.69, 9.17) is 5.11 Å². The maximum atomic E-state index is 11.9. The van der Waals surface area contributed by atoms with Crippen molar-refractivity contribution in [2.75, 3.05) is 13.1 Å². The van der Waals surface area contributed by atoms with Crippen molar-refractivity contribution in [2.24, 2.45) is 11.8 Å². The van der Waals surface area contributed by atoms with E-state index in [2.05, 4.69) is 4.72 Å². The summed E-state index contributed by atoms with van der Waals surface area (Å²) in [5.74, 6) is -0.572. The van der Waals surface area contributed by atoms with Gasteiger partial charge in [-0.25, -0.2) is 0 Å². The van der Waals surface area contributed by atoms with Crippen LogP contribution in [0.4, 0.5) is 0 Å². The van der Waals surface area contributed by atoms with Crippen LogP contribution in [0.3, 0.4) is 0 Å². The number of carbonyl (C=O) groups is 1. The van der Waals surface area contributed by atoms with Crippen LogP contribution in [-0.4, -0.2) is 42.9 Å². The minimum Gasteiger partial charge on any atom is -0.480 e. The fourth-order valence-electron chi connectivity index (χ4n) is 2.15. The summed E-state index contributed by atoms with van der Waals surface area (Å²) >= 11 is 0. The van der Waals surface area contributed by atoms with Crippen molar-refractivity contribution in [2.45, 2.75) is 33.2 Å². The number of rotatable bonds is 4. The van der Waals surface area contributed by atoms with E-state index in [0.717, 1.165) is 6.42 Å². The minimum atomic E-state index is -3.69. The number of carboxylic acids is 1. The molecule has 17 heavy (non-hydrogen) atoms. The predicted octanol–water partition coefficient (Wildman–Crippen LogP) is 0.272. The van der Waals surface area contributed by atoms with Gasteiger partial charge in [-0.1, -0.05) is 13.8 Å². The molecule has 1 heterocycles. The average Bonchev–Trinajstić information content (AvgIpc) is 2.15. The highest BCUT2D eigenvalue weighted by molar-refractivity contribution is 7.87. The molecule has 1 saturated heterocycles. The van der Waals surface area contributed by atoms with Gasteiger partial charge in [0.15, 0.2) is 0 Å². The van der Waals surface area contributed by atoms with Crippen LogP contribution < -0.4 is 4.72 Å². The van der Waals surface area contributed by atoms with E-state index in [1.165, 1.54) is 11.2 Å². The molecule has 2 N–H and O–H groups in total. The van der Waals surface area contributed by atoms with Crippen molar-refractivity contribution in [3.8, 4) is 0 Å². The van der Waals surface area contributed by atoms with Crippen molar-refractivity contribution in [1.82, 2.24) is 9.03 Å². The second kappa shape index (κ2) is 5.32. The first-order chi connectivity index (χ1) is 7.72. The average molecular weight is 264 g/mol. The maximum Gasteiger partial charge on any atom is 0.321 e. The lowest BCUT2D eigenvalue weighted by atomic mass is 9.94. The van der Waals surface area contributed by atoms with E-state index < -0.39 is 22.2 Å². The number of piperidine rings is 1. The molecule has 0 saturated carbocycles. The fraction of sp³-hybridized carbons (Fsp3) is 0.900. The molecule has 0 amide bonds. The second-order valence-electron chi connectivity index (χ2n) is 4.95. The van der Waals surface area contributed by atoms with Crippen molar-refractivity contribution in [3.63, 3.8) is 0 Å². The second-order valence-corrected chi connectivity index (χ2v) is 6.65. The number of hydrogen-bond donors (Lipinski definition) is 2. The van der Waals surface area contributed by atoms with Gasteiger partial charge in [0.05, 0.1) is 0 Å². The highest BCUT2D eigenvalue weighted by Gasteiger charge is 2.32. The molecule has 0 spiro atoms. The third kappa shape index (κ3) is 3.93. The van der Waals surface area contributed by atoms with Crippen LogP contribution >= 0.6 is 0 Å². The molecule has 2 unspecified atom stereocenters. The predicted molar refractivity (Wildman–Crippen MR) is 63.7 cm³/mol.